The highest BCUT2D eigenvalue weighted by molar-refractivity contribution is 8.16. The number of carbonyl (C=O) groups excluding carboxylic acids is 2. The minimum absolute atomic E-state index is 0.0563. The number of ether oxygens (including phenoxy) is 2. The third-order valence-electron chi connectivity index (χ3n) is 5.37. The van der Waals surface area contributed by atoms with Crippen LogP contribution in [0.5, 0.6) is 0 Å². The van der Waals surface area contributed by atoms with Gasteiger partial charge in [0.1, 0.15) is 0 Å². The maximum absolute atomic E-state index is 13.1. The monoisotopic (exact) mass is 441 g/mol. The Morgan fingerprint density at radius 2 is 1.94 bits per heavy atom. The third kappa shape index (κ3) is 4.55. The summed E-state index contributed by atoms with van der Waals surface area (Å²) in [5.41, 5.74) is 2.96. The summed E-state index contributed by atoms with van der Waals surface area (Å²) in [5.74, 6) is -0.319. The van der Waals surface area contributed by atoms with Crippen molar-refractivity contribution in [1.82, 2.24) is 9.80 Å². The minimum Gasteiger partial charge on any atom is -0.459 e. The molecule has 31 heavy (non-hydrogen) atoms. The van der Waals surface area contributed by atoms with Gasteiger partial charge in [0.2, 0.25) is 5.91 Å². The van der Waals surface area contributed by atoms with Crippen LogP contribution in [0.4, 0.5) is 0 Å². The van der Waals surface area contributed by atoms with Crippen molar-refractivity contribution in [2.45, 2.75) is 39.3 Å². The summed E-state index contributed by atoms with van der Waals surface area (Å²) in [6.45, 7) is 7.85. The summed E-state index contributed by atoms with van der Waals surface area (Å²) in [6.07, 6.45) is 0.0152. The lowest BCUT2D eigenvalue weighted by Crippen LogP contribution is -2.42. The van der Waals surface area contributed by atoms with Crippen molar-refractivity contribution in [1.29, 1.82) is 0 Å². The predicted octanol–water partition coefficient (Wildman–Crippen LogP) is 3.46. The number of amidine groups is 1. The van der Waals surface area contributed by atoms with Crippen molar-refractivity contribution in [2.24, 2.45) is 4.99 Å². The number of hydrogen-bond acceptors (Lipinski definition) is 7. The summed E-state index contributed by atoms with van der Waals surface area (Å²) in [7, 11) is 0. The van der Waals surface area contributed by atoms with E-state index in [0.29, 0.717) is 37.6 Å². The molecule has 1 amide bonds. The Kier molecular flexibility index (Phi) is 6.48. The standard InChI is InChI=1S/C23H27N3O4S/c1-15(2)30-22(28)20-16(3)24-23-26(21(20)17-7-5-4-6-8-17)18(14-31-23)13-19(27)25-9-11-29-12-10-25/h4-8,14-15,21H,9-13H2,1-3H3. The molecule has 1 aromatic carbocycles. The van der Waals surface area contributed by atoms with Crippen LogP contribution in [0, 0.1) is 0 Å². The number of esters is 1. The van der Waals surface area contributed by atoms with Gasteiger partial charge in [-0.15, -0.1) is 0 Å². The van der Waals surface area contributed by atoms with Gasteiger partial charge in [-0.05, 0) is 31.7 Å². The van der Waals surface area contributed by atoms with Crippen LogP contribution in [-0.4, -0.2) is 59.3 Å². The smallest absolute Gasteiger partial charge is 0.338 e. The van der Waals surface area contributed by atoms with E-state index in [1.807, 2.05) is 66.3 Å². The van der Waals surface area contributed by atoms with Gasteiger partial charge in [-0.2, -0.15) is 0 Å². The summed E-state index contributed by atoms with van der Waals surface area (Å²) in [6, 6.07) is 9.45. The van der Waals surface area contributed by atoms with Crippen LogP contribution in [-0.2, 0) is 19.1 Å². The molecule has 0 saturated carbocycles. The molecule has 1 unspecified atom stereocenters. The Morgan fingerprint density at radius 3 is 2.61 bits per heavy atom. The highest BCUT2D eigenvalue weighted by Crippen LogP contribution is 2.45. The van der Waals surface area contributed by atoms with Crippen molar-refractivity contribution < 1.29 is 19.1 Å². The first-order valence-corrected chi connectivity index (χ1v) is 11.4. The molecule has 1 atom stereocenters. The summed E-state index contributed by atoms with van der Waals surface area (Å²) >= 11 is 1.49. The Labute approximate surface area is 186 Å². The molecule has 8 heteroatoms. The van der Waals surface area contributed by atoms with Crippen LogP contribution in [0.2, 0.25) is 0 Å². The van der Waals surface area contributed by atoms with Gasteiger partial charge in [0.05, 0.1) is 43.1 Å². The summed E-state index contributed by atoms with van der Waals surface area (Å²) in [5, 5.41) is 2.74. The summed E-state index contributed by atoms with van der Waals surface area (Å²) < 4.78 is 10.9. The van der Waals surface area contributed by atoms with Gasteiger partial charge >= 0.3 is 5.97 Å². The molecular weight excluding hydrogens is 414 g/mol. The van der Waals surface area contributed by atoms with Gasteiger partial charge in [-0.1, -0.05) is 42.1 Å². The molecule has 3 aliphatic heterocycles. The van der Waals surface area contributed by atoms with Crippen molar-refractivity contribution >= 4 is 28.8 Å². The van der Waals surface area contributed by atoms with Crippen LogP contribution >= 0.6 is 11.8 Å². The van der Waals surface area contributed by atoms with Crippen molar-refractivity contribution in [2.75, 3.05) is 26.3 Å². The Morgan fingerprint density at radius 1 is 1.23 bits per heavy atom. The third-order valence-corrected chi connectivity index (χ3v) is 6.26. The zero-order chi connectivity index (χ0) is 22.0. The highest BCUT2D eigenvalue weighted by atomic mass is 32.2. The zero-order valence-corrected chi connectivity index (χ0v) is 18.9. The average molecular weight is 442 g/mol. The van der Waals surface area contributed by atoms with Crippen LogP contribution in [0.15, 0.2) is 57.7 Å². The zero-order valence-electron chi connectivity index (χ0n) is 18.0. The number of amides is 1. The second-order valence-electron chi connectivity index (χ2n) is 7.93. The normalized spacial score (nSPS) is 21.1. The van der Waals surface area contributed by atoms with E-state index in [9.17, 15) is 9.59 Å². The molecule has 0 aliphatic carbocycles. The SMILES string of the molecule is CC1=C(C(=O)OC(C)C)C(c2ccccc2)N2C(CC(=O)N3CCOCC3)=CSC2=N1. The molecule has 1 fully saturated rings. The second kappa shape index (κ2) is 9.28. The van der Waals surface area contributed by atoms with Gasteiger partial charge in [0, 0.05) is 18.8 Å². The number of morpholine rings is 1. The second-order valence-corrected chi connectivity index (χ2v) is 8.76. The quantitative estimate of drug-likeness (QED) is 0.652. The Bertz CT molecular complexity index is 949. The largest absolute Gasteiger partial charge is 0.459 e. The van der Waals surface area contributed by atoms with Crippen LogP contribution in [0.25, 0.3) is 0 Å². The first-order chi connectivity index (χ1) is 15.0. The van der Waals surface area contributed by atoms with E-state index in [1.54, 1.807) is 0 Å². The molecule has 164 valence electrons. The number of fused-ring (bicyclic) bond motifs is 1. The first kappa shape index (κ1) is 21.6. The molecule has 4 rings (SSSR count). The van der Waals surface area contributed by atoms with E-state index in [4.69, 9.17) is 9.47 Å². The van der Waals surface area contributed by atoms with E-state index in [1.165, 1.54) is 11.8 Å². The van der Waals surface area contributed by atoms with Crippen molar-refractivity contribution in [3.63, 3.8) is 0 Å². The number of hydrogen-bond donors (Lipinski definition) is 0. The van der Waals surface area contributed by atoms with E-state index in [-0.39, 0.29) is 24.4 Å². The molecule has 1 aromatic rings. The predicted molar refractivity (Wildman–Crippen MR) is 120 cm³/mol. The van der Waals surface area contributed by atoms with Gasteiger partial charge in [0.15, 0.2) is 5.17 Å². The number of benzene rings is 1. The molecule has 3 heterocycles. The molecule has 1 saturated heterocycles. The molecular formula is C23H27N3O4S. The molecule has 0 radical (unpaired) electrons. The number of carbonyl (C=O) groups is 2. The number of rotatable bonds is 5. The van der Waals surface area contributed by atoms with Gasteiger partial charge in [-0.25, -0.2) is 9.79 Å². The van der Waals surface area contributed by atoms with Crippen molar-refractivity contribution in [3.8, 4) is 0 Å². The number of nitrogens with zero attached hydrogens (tertiary/aromatic N) is 3. The highest BCUT2D eigenvalue weighted by Gasteiger charge is 2.41. The van der Waals surface area contributed by atoms with Crippen LogP contribution < -0.4 is 0 Å². The Hall–Kier alpha value is -2.58. The van der Waals surface area contributed by atoms with E-state index in [0.717, 1.165) is 16.4 Å². The number of thioether (sulfide) groups is 1. The van der Waals surface area contributed by atoms with Gasteiger partial charge in [-0.3, -0.25) is 4.79 Å². The van der Waals surface area contributed by atoms with Gasteiger partial charge < -0.3 is 19.3 Å². The number of aliphatic imine (C=N–C) groups is 1. The minimum atomic E-state index is -0.390. The molecule has 0 N–H and O–H groups in total. The van der Waals surface area contributed by atoms with E-state index >= 15 is 0 Å². The van der Waals surface area contributed by atoms with E-state index in [2.05, 4.69) is 4.99 Å². The molecule has 0 spiro atoms. The maximum atomic E-state index is 13.1. The van der Waals surface area contributed by atoms with Crippen LogP contribution in [0.3, 0.4) is 0 Å². The van der Waals surface area contributed by atoms with Crippen LogP contribution in [0.1, 0.15) is 38.8 Å². The van der Waals surface area contributed by atoms with E-state index < -0.39 is 6.04 Å². The first-order valence-electron chi connectivity index (χ1n) is 10.5. The summed E-state index contributed by atoms with van der Waals surface area (Å²) in [4.78, 5) is 34.6. The molecule has 3 aliphatic rings. The molecule has 0 bridgehead atoms. The average Bonchev–Trinajstić information content (AvgIpc) is 3.15. The Balaban J connectivity index is 1.67. The number of allylic oxidation sites excluding steroid dienone is 1. The van der Waals surface area contributed by atoms with Gasteiger partial charge in [0.25, 0.3) is 0 Å². The fourth-order valence-corrected chi connectivity index (χ4v) is 4.90. The maximum Gasteiger partial charge on any atom is 0.338 e. The van der Waals surface area contributed by atoms with Crippen molar-refractivity contribution in [3.05, 3.63) is 58.3 Å². The topological polar surface area (TPSA) is 71.4 Å². The lowest BCUT2D eigenvalue weighted by molar-refractivity contribution is -0.143. The molecule has 7 nitrogen and oxygen atoms in total. The lowest BCUT2D eigenvalue weighted by atomic mass is 9.94. The fourth-order valence-electron chi connectivity index (χ4n) is 3.94. The fraction of sp³-hybridized carbons (Fsp3) is 0.435. The molecule has 0 aromatic heterocycles. The lowest BCUT2D eigenvalue weighted by Gasteiger charge is -2.37.